The minimum atomic E-state index is -0.0748. The van der Waals surface area contributed by atoms with Crippen molar-refractivity contribution in [3.8, 4) is 5.00 Å². The number of thiophene rings is 1. The second kappa shape index (κ2) is 5.69. The fourth-order valence-corrected chi connectivity index (χ4v) is 4.03. The molecule has 0 aliphatic carbocycles. The van der Waals surface area contributed by atoms with Crippen molar-refractivity contribution in [3.05, 3.63) is 71.0 Å². The summed E-state index contributed by atoms with van der Waals surface area (Å²) in [7, 11) is 0. The quantitative estimate of drug-likeness (QED) is 0.550. The molecule has 0 saturated carbocycles. The standard InChI is InChI=1S/C19H17N3OS/c1-12-13(2)24-19(22-10-3-4-11-22)17(12)18(23)21-16-7-5-6-15-14(16)8-9-20-15/h3-11,20H,1-2H3,(H,21,23). The maximum Gasteiger partial charge on any atom is 0.258 e. The minimum Gasteiger partial charge on any atom is -0.361 e. The van der Waals surface area contributed by atoms with Gasteiger partial charge in [-0.15, -0.1) is 11.3 Å². The molecule has 1 amide bonds. The third-order valence-corrected chi connectivity index (χ3v) is 5.50. The molecule has 3 aromatic heterocycles. The molecule has 2 N–H and O–H groups in total. The van der Waals surface area contributed by atoms with Crippen LogP contribution in [-0.4, -0.2) is 15.5 Å². The van der Waals surface area contributed by atoms with Crippen molar-refractivity contribution in [3.63, 3.8) is 0 Å². The van der Waals surface area contributed by atoms with E-state index in [1.54, 1.807) is 11.3 Å². The zero-order valence-corrected chi connectivity index (χ0v) is 14.3. The lowest BCUT2D eigenvalue weighted by atomic mass is 10.1. The van der Waals surface area contributed by atoms with Crippen molar-refractivity contribution in [1.29, 1.82) is 0 Å². The van der Waals surface area contributed by atoms with Crippen molar-refractivity contribution in [2.45, 2.75) is 13.8 Å². The molecule has 0 atom stereocenters. The molecule has 0 fully saturated rings. The number of fused-ring (bicyclic) bond motifs is 1. The van der Waals surface area contributed by atoms with E-state index >= 15 is 0 Å². The summed E-state index contributed by atoms with van der Waals surface area (Å²) < 4.78 is 2.00. The number of nitrogens with one attached hydrogen (secondary N) is 2. The highest BCUT2D eigenvalue weighted by Crippen LogP contribution is 2.32. The lowest BCUT2D eigenvalue weighted by Crippen LogP contribution is -2.14. The number of aromatic amines is 1. The summed E-state index contributed by atoms with van der Waals surface area (Å²) >= 11 is 1.64. The molecular formula is C19H17N3OS. The number of aryl methyl sites for hydroxylation is 1. The van der Waals surface area contributed by atoms with E-state index in [-0.39, 0.29) is 5.91 Å². The number of carbonyl (C=O) groups excluding carboxylic acids is 1. The van der Waals surface area contributed by atoms with E-state index in [9.17, 15) is 4.79 Å². The van der Waals surface area contributed by atoms with Gasteiger partial charge in [0.2, 0.25) is 0 Å². The number of anilines is 1. The summed E-state index contributed by atoms with van der Waals surface area (Å²) in [6.07, 6.45) is 5.81. The number of hydrogen-bond acceptors (Lipinski definition) is 2. The number of amides is 1. The normalized spacial score (nSPS) is 11.1. The highest BCUT2D eigenvalue weighted by Gasteiger charge is 2.21. The summed E-state index contributed by atoms with van der Waals surface area (Å²) in [6, 6.07) is 11.8. The third kappa shape index (κ3) is 2.34. The van der Waals surface area contributed by atoms with Crippen LogP contribution in [0.25, 0.3) is 15.9 Å². The van der Waals surface area contributed by atoms with Crippen LogP contribution in [0.2, 0.25) is 0 Å². The Morgan fingerprint density at radius 3 is 2.71 bits per heavy atom. The zero-order chi connectivity index (χ0) is 16.7. The van der Waals surface area contributed by atoms with Crippen LogP contribution in [0.1, 0.15) is 20.8 Å². The van der Waals surface area contributed by atoms with Gasteiger partial charge in [-0.05, 0) is 49.7 Å². The molecule has 0 aliphatic heterocycles. The molecule has 24 heavy (non-hydrogen) atoms. The van der Waals surface area contributed by atoms with Gasteiger partial charge in [-0.25, -0.2) is 0 Å². The van der Waals surface area contributed by atoms with Crippen LogP contribution in [0.4, 0.5) is 5.69 Å². The largest absolute Gasteiger partial charge is 0.361 e. The number of nitrogens with zero attached hydrogens (tertiary/aromatic N) is 1. The van der Waals surface area contributed by atoms with Gasteiger partial charge in [0.25, 0.3) is 5.91 Å². The Bertz CT molecular complexity index is 1020. The first kappa shape index (κ1) is 14.8. The molecular weight excluding hydrogens is 318 g/mol. The molecule has 5 heteroatoms. The minimum absolute atomic E-state index is 0.0748. The molecule has 1 aromatic carbocycles. The van der Waals surface area contributed by atoms with Crippen molar-refractivity contribution in [2.75, 3.05) is 5.32 Å². The Morgan fingerprint density at radius 2 is 1.92 bits per heavy atom. The van der Waals surface area contributed by atoms with Crippen LogP contribution in [0.15, 0.2) is 55.0 Å². The van der Waals surface area contributed by atoms with E-state index in [2.05, 4.69) is 17.2 Å². The number of H-pyrrole nitrogens is 1. The maximum absolute atomic E-state index is 13.0. The van der Waals surface area contributed by atoms with Crippen molar-refractivity contribution in [2.24, 2.45) is 0 Å². The van der Waals surface area contributed by atoms with E-state index in [4.69, 9.17) is 0 Å². The van der Waals surface area contributed by atoms with Gasteiger partial charge in [-0.2, -0.15) is 0 Å². The van der Waals surface area contributed by atoms with Crippen LogP contribution >= 0.6 is 11.3 Å². The Hall–Kier alpha value is -2.79. The van der Waals surface area contributed by atoms with Crippen molar-refractivity contribution in [1.82, 2.24) is 9.55 Å². The van der Waals surface area contributed by atoms with E-state index in [0.29, 0.717) is 0 Å². The molecule has 120 valence electrons. The van der Waals surface area contributed by atoms with Gasteiger partial charge in [0, 0.05) is 34.4 Å². The van der Waals surface area contributed by atoms with Crippen molar-refractivity contribution >= 4 is 33.8 Å². The fraction of sp³-hybridized carbons (Fsp3) is 0.105. The lowest BCUT2D eigenvalue weighted by molar-refractivity contribution is 0.102. The highest BCUT2D eigenvalue weighted by atomic mass is 32.1. The first-order valence-electron chi connectivity index (χ1n) is 7.76. The van der Waals surface area contributed by atoms with Gasteiger partial charge in [-0.1, -0.05) is 6.07 Å². The number of rotatable bonds is 3. The van der Waals surface area contributed by atoms with E-state index in [0.717, 1.165) is 37.6 Å². The summed E-state index contributed by atoms with van der Waals surface area (Å²) in [5.41, 5.74) is 3.60. The highest BCUT2D eigenvalue weighted by molar-refractivity contribution is 7.15. The number of aromatic nitrogens is 2. The Labute approximate surface area is 143 Å². The Balaban J connectivity index is 1.77. The third-order valence-electron chi connectivity index (χ3n) is 4.28. The topological polar surface area (TPSA) is 49.8 Å². The van der Waals surface area contributed by atoms with Gasteiger partial charge in [0.05, 0.1) is 11.3 Å². The molecule has 3 heterocycles. The number of benzene rings is 1. The summed E-state index contributed by atoms with van der Waals surface area (Å²) in [5, 5.41) is 5.04. The van der Waals surface area contributed by atoms with Crippen LogP contribution in [0.3, 0.4) is 0 Å². The lowest BCUT2D eigenvalue weighted by Gasteiger charge is -2.09. The summed E-state index contributed by atoms with van der Waals surface area (Å²) in [5.74, 6) is -0.0748. The Kier molecular flexibility index (Phi) is 3.50. The molecule has 0 bridgehead atoms. The zero-order valence-electron chi connectivity index (χ0n) is 13.5. The van der Waals surface area contributed by atoms with E-state index in [1.165, 1.54) is 0 Å². The molecule has 0 radical (unpaired) electrons. The molecule has 0 spiro atoms. The van der Waals surface area contributed by atoms with E-state index < -0.39 is 0 Å². The predicted octanol–water partition coefficient (Wildman–Crippen LogP) is 4.89. The second-order valence-electron chi connectivity index (χ2n) is 5.75. The van der Waals surface area contributed by atoms with Crippen LogP contribution in [0.5, 0.6) is 0 Å². The predicted molar refractivity (Wildman–Crippen MR) is 99.4 cm³/mol. The van der Waals surface area contributed by atoms with Gasteiger partial charge < -0.3 is 14.9 Å². The molecule has 4 nitrogen and oxygen atoms in total. The van der Waals surface area contributed by atoms with Gasteiger partial charge in [0.15, 0.2) is 0 Å². The Morgan fingerprint density at radius 1 is 1.12 bits per heavy atom. The van der Waals surface area contributed by atoms with Crippen LogP contribution < -0.4 is 5.32 Å². The molecule has 0 unspecified atom stereocenters. The SMILES string of the molecule is Cc1sc(-n2cccc2)c(C(=O)Nc2cccc3[nH]ccc23)c1C. The smallest absolute Gasteiger partial charge is 0.258 e. The monoisotopic (exact) mass is 335 g/mol. The molecule has 4 rings (SSSR count). The first-order valence-corrected chi connectivity index (χ1v) is 8.57. The summed E-state index contributed by atoms with van der Waals surface area (Å²) in [4.78, 5) is 17.3. The first-order chi connectivity index (χ1) is 11.6. The molecule has 0 saturated heterocycles. The molecule has 0 aliphatic rings. The number of carbonyl (C=O) groups is 1. The second-order valence-corrected chi connectivity index (χ2v) is 6.96. The summed E-state index contributed by atoms with van der Waals surface area (Å²) in [6.45, 7) is 4.06. The maximum atomic E-state index is 13.0. The fourth-order valence-electron chi connectivity index (χ4n) is 2.91. The van der Waals surface area contributed by atoms with Crippen LogP contribution in [0, 0.1) is 13.8 Å². The van der Waals surface area contributed by atoms with Gasteiger partial charge in [-0.3, -0.25) is 4.79 Å². The van der Waals surface area contributed by atoms with E-state index in [1.807, 2.05) is 66.5 Å². The average Bonchev–Trinajstić information content (AvgIpc) is 3.29. The van der Waals surface area contributed by atoms with Gasteiger partial charge in [0.1, 0.15) is 5.00 Å². The van der Waals surface area contributed by atoms with Gasteiger partial charge >= 0.3 is 0 Å². The van der Waals surface area contributed by atoms with Crippen LogP contribution in [-0.2, 0) is 0 Å². The molecule has 4 aromatic rings. The van der Waals surface area contributed by atoms with Crippen molar-refractivity contribution < 1.29 is 4.79 Å². The number of hydrogen-bond donors (Lipinski definition) is 2. The average molecular weight is 335 g/mol.